The molecule has 0 amide bonds. The summed E-state index contributed by atoms with van der Waals surface area (Å²) in [4.78, 5) is 0. The Labute approximate surface area is 108 Å². The van der Waals surface area contributed by atoms with Gasteiger partial charge >= 0.3 is 0 Å². The smallest absolute Gasteiger partial charge is 0.120 e. The third-order valence-electron chi connectivity index (χ3n) is 2.37. The Hall–Kier alpha value is -0.0200. The van der Waals surface area contributed by atoms with Crippen molar-refractivity contribution in [2.75, 3.05) is 0 Å². The van der Waals surface area contributed by atoms with Gasteiger partial charge in [0, 0.05) is 9.80 Å². The zero-order valence-corrected chi connectivity index (χ0v) is 12.3. The molecule has 0 radical (unpaired) electrons. The Morgan fingerprint density at radius 3 is 2.47 bits per heavy atom. The van der Waals surface area contributed by atoms with Crippen LogP contribution in [0.5, 0.6) is 5.75 Å². The van der Waals surface area contributed by atoms with Gasteiger partial charge in [0.25, 0.3) is 0 Å². The molecule has 0 aliphatic rings. The van der Waals surface area contributed by atoms with Gasteiger partial charge < -0.3 is 4.74 Å². The largest absolute Gasteiger partial charge is 0.490 e. The molecule has 0 saturated carbocycles. The fourth-order valence-electron chi connectivity index (χ4n) is 1.37. The highest BCUT2D eigenvalue weighted by Crippen LogP contribution is 2.25. The van der Waals surface area contributed by atoms with Gasteiger partial charge in [-0.2, -0.15) is 0 Å². The van der Waals surface area contributed by atoms with Crippen LogP contribution in [-0.2, 0) is 5.33 Å². The van der Waals surface area contributed by atoms with Crippen molar-refractivity contribution in [1.82, 2.24) is 0 Å². The molecule has 1 aromatic carbocycles. The van der Waals surface area contributed by atoms with Crippen LogP contribution < -0.4 is 4.74 Å². The Balaban J connectivity index is 2.77. The topological polar surface area (TPSA) is 9.23 Å². The highest BCUT2D eigenvalue weighted by molar-refractivity contribution is 9.10. The maximum Gasteiger partial charge on any atom is 0.120 e. The van der Waals surface area contributed by atoms with Crippen LogP contribution >= 0.6 is 31.9 Å². The van der Waals surface area contributed by atoms with Crippen LogP contribution in [0.1, 0.15) is 32.3 Å². The standard InChI is InChI=1S/C12H16Br2O/c1-3-10(4-2)15-11-5-6-12(14)9(7-11)8-13/h5-7,10H,3-4,8H2,1-2H3. The lowest BCUT2D eigenvalue weighted by molar-refractivity contribution is 0.193. The van der Waals surface area contributed by atoms with Crippen molar-refractivity contribution in [3.05, 3.63) is 28.2 Å². The lowest BCUT2D eigenvalue weighted by Crippen LogP contribution is -2.13. The molecule has 0 aromatic heterocycles. The molecule has 0 atom stereocenters. The van der Waals surface area contributed by atoms with Crippen LogP contribution in [0.3, 0.4) is 0 Å². The van der Waals surface area contributed by atoms with Gasteiger partial charge in [0.1, 0.15) is 5.75 Å². The van der Waals surface area contributed by atoms with E-state index in [1.165, 1.54) is 5.56 Å². The lowest BCUT2D eigenvalue weighted by Gasteiger charge is -2.16. The fourth-order valence-corrected chi connectivity index (χ4v) is 2.60. The summed E-state index contributed by atoms with van der Waals surface area (Å²) < 4.78 is 6.99. The predicted octanol–water partition coefficient (Wildman–Crippen LogP) is 4.91. The van der Waals surface area contributed by atoms with E-state index < -0.39 is 0 Å². The first-order valence-corrected chi connectivity index (χ1v) is 7.13. The second-order valence-corrected chi connectivity index (χ2v) is 4.86. The molecule has 15 heavy (non-hydrogen) atoms. The molecule has 0 aliphatic heterocycles. The average Bonchev–Trinajstić information content (AvgIpc) is 2.28. The van der Waals surface area contributed by atoms with E-state index in [2.05, 4.69) is 51.8 Å². The van der Waals surface area contributed by atoms with Crippen molar-refractivity contribution in [2.45, 2.75) is 38.1 Å². The second kappa shape index (κ2) is 6.54. The van der Waals surface area contributed by atoms with E-state index in [0.29, 0.717) is 6.10 Å². The van der Waals surface area contributed by atoms with Crippen molar-refractivity contribution in [3.8, 4) is 5.75 Å². The van der Waals surface area contributed by atoms with Gasteiger partial charge in [-0.1, -0.05) is 45.7 Å². The summed E-state index contributed by atoms with van der Waals surface area (Å²) in [7, 11) is 0. The van der Waals surface area contributed by atoms with Crippen molar-refractivity contribution in [1.29, 1.82) is 0 Å². The molecule has 0 heterocycles. The number of hydrogen-bond acceptors (Lipinski definition) is 1. The highest BCUT2D eigenvalue weighted by Gasteiger charge is 2.06. The molecule has 0 spiro atoms. The Morgan fingerprint density at radius 2 is 1.93 bits per heavy atom. The number of benzene rings is 1. The summed E-state index contributed by atoms with van der Waals surface area (Å²) in [5.41, 5.74) is 1.22. The minimum atomic E-state index is 0.328. The SMILES string of the molecule is CCC(CC)Oc1ccc(Br)c(CBr)c1. The first-order valence-electron chi connectivity index (χ1n) is 5.22. The molecule has 0 N–H and O–H groups in total. The molecule has 0 aliphatic carbocycles. The molecule has 84 valence electrons. The number of ether oxygens (including phenoxy) is 1. The molecular formula is C12H16Br2O. The molecule has 1 rings (SSSR count). The minimum absolute atomic E-state index is 0.328. The molecule has 0 unspecified atom stereocenters. The Kier molecular flexibility index (Phi) is 5.69. The summed E-state index contributed by atoms with van der Waals surface area (Å²) in [6.45, 7) is 4.30. The normalized spacial score (nSPS) is 10.7. The maximum absolute atomic E-state index is 5.87. The average molecular weight is 336 g/mol. The summed E-state index contributed by atoms with van der Waals surface area (Å²) in [5, 5.41) is 0.841. The van der Waals surface area contributed by atoms with Crippen LogP contribution in [0.25, 0.3) is 0 Å². The molecule has 3 heteroatoms. The van der Waals surface area contributed by atoms with Gasteiger partial charge in [-0.05, 0) is 36.6 Å². The molecule has 1 nitrogen and oxygen atoms in total. The van der Waals surface area contributed by atoms with E-state index in [1.54, 1.807) is 0 Å². The zero-order chi connectivity index (χ0) is 11.3. The quantitative estimate of drug-likeness (QED) is 0.694. The second-order valence-electron chi connectivity index (χ2n) is 3.44. The van der Waals surface area contributed by atoms with Crippen molar-refractivity contribution < 1.29 is 4.74 Å². The number of halogens is 2. The van der Waals surface area contributed by atoms with E-state index in [9.17, 15) is 0 Å². The fraction of sp³-hybridized carbons (Fsp3) is 0.500. The minimum Gasteiger partial charge on any atom is -0.490 e. The summed E-state index contributed by atoms with van der Waals surface area (Å²) >= 11 is 6.96. The van der Waals surface area contributed by atoms with Crippen molar-refractivity contribution >= 4 is 31.9 Å². The molecule has 0 fully saturated rings. The zero-order valence-electron chi connectivity index (χ0n) is 9.09. The van der Waals surface area contributed by atoms with Crippen LogP contribution in [0, 0.1) is 0 Å². The van der Waals surface area contributed by atoms with Crippen LogP contribution in [0.2, 0.25) is 0 Å². The first kappa shape index (κ1) is 13.0. The van der Waals surface area contributed by atoms with Gasteiger partial charge in [-0.15, -0.1) is 0 Å². The van der Waals surface area contributed by atoms with E-state index in [1.807, 2.05) is 12.1 Å². The Bertz CT molecular complexity index is 308. The lowest BCUT2D eigenvalue weighted by atomic mass is 10.2. The molecule has 0 saturated heterocycles. The molecule has 1 aromatic rings. The number of hydrogen-bond donors (Lipinski definition) is 0. The molecular weight excluding hydrogens is 320 g/mol. The molecule has 0 bridgehead atoms. The van der Waals surface area contributed by atoms with Crippen molar-refractivity contribution in [2.24, 2.45) is 0 Å². The van der Waals surface area contributed by atoms with E-state index >= 15 is 0 Å². The van der Waals surface area contributed by atoms with Gasteiger partial charge in [-0.25, -0.2) is 0 Å². The van der Waals surface area contributed by atoms with Gasteiger partial charge in [0.15, 0.2) is 0 Å². The van der Waals surface area contributed by atoms with E-state index in [0.717, 1.165) is 28.4 Å². The van der Waals surface area contributed by atoms with E-state index in [4.69, 9.17) is 4.74 Å². The van der Waals surface area contributed by atoms with E-state index in [-0.39, 0.29) is 0 Å². The summed E-state index contributed by atoms with van der Waals surface area (Å²) in [6.07, 6.45) is 2.43. The summed E-state index contributed by atoms with van der Waals surface area (Å²) in [6, 6.07) is 6.13. The predicted molar refractivity (Wildman–Crippen MR) is 71.8 cm³/mol. The monoisotopic (exact) mass is 334 g/mol. The summed E-state index contributed by atoms with van der Waals surface area (Å²) in [5.74, 6) is 0.960. The number of alkyl halides is 1. The van der Waals surface area contributed by atoms with Crippen LogP contribution in [-0.4, -0.2) is 6.10 Å². The Morgan fingerprint density at radius 1 is 1.27 bits per heavy atom. The van der Waals surface area contributed by atoms with Gasteiger partial charge in [0.05, 0.1) is 6.10 Å². The van der Waals surface area contributed by atoms with Gasteiger partial charge in [-0.3, -0.25) is 0 Å². The van der Waals surface area contributed by atoms with Crippen LogP contribution in [0.4, 0.5) is 0 Å². The number of rotatable bonds is 5. The van der Waals surface area contributed by atoms with Crippen molar-refractivity contribution in [3.63, 3.8) is 0 Å². The van der Waals surface area contributed by atoms with Crippen LogP contribution in [0.15, 0.2) is 22.7 Å². The first-order chi connectivity index (χ1) is 7.21. The third kappa shape index (κ3) is 3.80. The maximum atomic E-state index is 5.87. The highest BCUT2D eigenvalue weighted by atomic mass is 79.9. The van der Waals surface area contributed by atoms with Gasteiger partial charge in [0.2, 0.25) is 0 Å². The third-order valence-corrected chi connectivity index (χ3v) is 3.75.